The molecule has 9 heteroatoms. The zero-order valence-electron chi connectivity index (χ0n) is 19.3. The molecule has 0 aliphatic heterocycles. The van der Waals surface area contributed by atoms with Gasteiger partial charge in [-0.25, -0.2) is 4.98 Å². The number of aromatic nitrogens is 1. The molecule has 3 rings (SSSR count). The summed E-state index contributed by atoms with van der Waals surface area (Å²) >= 11 is 1.29. The van der Waals surface area contributed by atoms with E-state index in [1.165, 1.54) is 11.3 Å². The Kier molecular flexibility index (Phi) is 8.48. The normalized spacial score (nSPS) is 10.7. The summed E-state index contributed by atoms with van der Waals surface area (Å²) in [6.07, 6.45) is 0.648. The first kappa shape index (κ1) is 24.3. The Hall–Kier alpha value is -3.33. The molecular formula is C24H29N3O5S. The van der Waals surface area contributed by atoms with Crippen LogP contribution < -0.4 is 19.5 Å². The van der Waals surface area contributed by atoms with Crippen molar-refractivity contribution in [1.82, 2.24) is 15.2 Å². The molecule has 2 aromatic carbocycles. The number of hydrogen-bond donors (Lipinski definition) is 1. The quantitative estimate of drug-likeness (QED) is 0.460. The van der Waals surface area contributed by atoms with Crippen molar-refractivity contribution in [1.29, 1.82) is 0 Å². The minimum Gasteiger partial charge on any atom is -0.493 e. The number of fused-ring (bicyclic) bond motifs is 1. The van der Waals surface area contributed by atoms with Crippen LogP contribution in [0.2, 0.25) is 0 Å². The third-order valence-corrected chi connectivity index (χ3v) is 6.20. The number of carbonyl (C=O) groups is 2. The van der Waals surface area contributed by atoms with Crippen LogP contribution in [0.1, 0.15) is 29.2 Å². The van der Waals surface area contributed by atoms with Crippen LogP contribution in [0.25, 0.3) is 10.2 Å². The molecule has 0 aliphatic carbocycles. The number of carbonyl (C=O) groups excluding carboxylic acids is 2. The minimum absolute atomic E-state index is 0.0184. The van der Waals surface area contributed by atoms with Gasteiger partial charge in [-0.05, 0) is 56.2 Å². The van der Waals surface area contributed by atoms with Crippen molar-refractivity contribution in [3.05, 3.63) is 47.0 Å². The lowest BCUT2D eigenvalue weighted by Gasteiger charge is -2.18. The fourth-order valence-corrected chi connectivity index (χ4v) is 4.25. The first-order chi connectivity index (χ1) is 16.0. The largest absolute Gasteiger partial charge is 0.493 e. The third-order valence-electron chi connectivity index (χ3n) is 5.18. The van der Waals surface area contributed by atoms with Crippen LogP contribution in [0.3, 0.4) is 0 Å². The van der Waals surface area contributed by atoms with E-state index >= 15 is 0 Å². The second-order valence-electron chi connectivity index (χ2n) is 7.20. The molecule has 0 atom stereocenters. The maximum absolute atomic E-state index is 12.6. The molecule has 3 aromatic rings. The molecule has 176 valence electrons. The highest BCUT2D eigenvalue weighted by molar-refractivity contribution is 7.20. The highest BCUT2D eigenvalue weighted by Crippen LogP contribution is 2.28. The van der Waals surface area contributed by atoms with Crippen LogP contribution in [-0.4, -0.2) is 62.2 Å². The fraction of sp³-hybridized carbons (Fsp3) is 0.375. The predicted octanol–water partition coefficient (Wildman–Crippen LogP) is 3.53. The van der Waals surface area contributed by atoms with Gasteiger partial charge in [0.25, 0.3) is 11.8 Å². The second-order valence-corrected chi connectivity index (χ2v) is 8.23. The van der Waals surface area contributed by atoms with Gasteiger partial charge >= 0.3 is 0 Å². The summed E-state index contributed by atoms with van der Waals surface area (Å²) in [7, 11) is 3.19. The minimum atomic E-state index is -0.226. The highest BCUT2D eigenvalue weighted by atomic mass is 32.1. The standard InChI is InChI=1S/C24H29N3O5S/c1-5-27(6-2)22(28)15-32-17-8-9-18-21(14-17)33-24(26-18)23(29)25-12-11-16-7-10-19(30-3)20(13-16)31-4/h7-10,13-14H,5-6,11-12,15H2,1-4H3,(H,25,29). The third kappa shape index (κ3) is 6.13. The van der Waals surface area contributed by atoms with Gasteiger partial charge in [0.2, 0.25) is 0 Å². The van der Waals surface area contributed by atoms with E-state index in [-0.39, 0.29) is 18.4 Å². The lowest BCUT2D eigenvalue weighted by atomic mass is 10.1. The Morgan fingerprint density at radius 2 is 1.79 bits per heavy atom. The van der Waals surface area contributed by atoms with Crippen molar-refractivity contribution in [2.24, 2.45) is 0 Å². The second kappa shape index (κ2) is 11.5. The number of benzene rings is 2. The van der Waals surface area contributed by atoms with E-state index in [1.54, 1.807) is 31.3 Å². The van der Waals surface area contributed by atoms with Gasteiger partial charge < -0.3 is 24.4 Å². The number of rotatable bonds is 11. The van der Waals surface area contributed by atoms with Crippen molar-refractivity contribution >= 4 is 33.4 Å². The Bertz CT molecular complexity index is 1110. The summed E-state index contributed by atoms with van der Waals surface area (Å²) in [5, 5.41) is 3.29. The zero-order chi connectivity index (χ0) is 23.8. The van der Waals surface area contributed by atoms with Crippen LogP contribution in [0, 0.1) is 0 Å². The van der Waals surface area contributed by atoms with Gasteiger partial charge in [0.05, 0.1) is 24.4 Å². The van der Waals surface area contributed by atoms with E-state index in [0.29, 0.717) is 53.8 Å². The fourth-order valence-electron chi connectivity index (χ4n) is 3.34. The first-order valence-electron chi connectivity index (χ1n) is 10.8. The molecule has 1 N–H and O–H groups in total. The molecule has 0 spiro atoms. The summed E-state index contributed by atoms with van der Waals surface area (Å²) in [5.41, 5.74) is 1.74. The average Bonchev–Trinajstić information content (AvgIpc) is 3.27. The molecule has 0 saturated carbocycles. The molecule has 1 heterocycles. The molecule has 0 fully saturated rings. The van der Waals surface area contributed by atoms with Crippen molar-refractivity contribution in [2.75, 3.05) is 40.5 Å². The Balaban J connectivity index is 1.57. The Morgan fingerprint density at radius 1 is 1.03 bits per heavy atom. The number of nitrogens with zero attached hydrogens (tertiary/aromatic N) is 2. The van der Waals surface area contributed by atoms with E-state index in [9.17, 15) is 9.59 Å². The van der Waals surface area contributed by atoms with E-state index in [4.69, 9.17) is 14.2 Å². The number of ether oxygens (including phenoxy) is 3. The summed E-state index contributed by atoms with van der Waals surface area (Å²) in [6, 6.07) is 11.0. The molecule has 8 nitrogen and oxygen atoms in total. The number of amides is 2. The monoisotopic (exact) mass is 471 g/mol. The molecule has 0 aliphatic rings. The summed E-state index contributed by atoms with van der Waals surface area (Å²) < 4.78 is 17.0. The lowest BCUT2D eigenvalue weighted by molar-refractivity contribution is -0.132. The average molecular weight is 472 g/mol. The van der Waals surface area contributed by atoms with Crippen LogP contribution in [0.4, 0.5) is 0 Å². The predicted molar refractivity (Wildman–Crippen MR) is 129 cm³/mol. The summed E-state index contributed by atoms with van der Waals surface area (Å²) in [4.78, 5) is 30.8. The van der Waals surface area contributed by atoms with E-state index < -0.39 is 0 Å². The van der Waals surface area contributed by atoms with Gasteiger partial charge in [0, 0.05) is 19.6 Å². The topological polar surface area (TPSA) is 90.0 Å². The van der Waals surface area contributed by atoms with Crippen LogP contribution in [0.5, 0.6) is 17.2 Å². The van der Waals surface area contributed by atoms with Gasteiger partial charge in [-0.1, -0.05) is 6.07 Å². The van der Waals surface area contributed by atoms with E-state index in [2.05, 4.69) is 10.3 Å². The van der Waals surface area contributed by atoms with E-state index in [0.717, 1.165) is 10.3 Å². The van der Waals surface area contributed by atoms with Crippen molar-refractivity contribution < 1.29 is 23.8 Å². The SMILES string of the molecule is CCN(CC)C(=O)COc1ccc2nc(C(=O)NCCc3ccc(OC)c(OC)c3)sc2c1. The Labute approximate surface area is 197 Å². The summed E-state index contributed by atoms with van der Waals surface area (Å²) in [6.45, 7) is 5.62. The maximum atomic E-state index is 12.6. The van der Waals surface area contributed by atoms with Gasteiger partial charge in [0.15, 0.2) is 23.1 Å². The Morgan fingerprint density at radius 3 is 2.48 bits per heavy atom. The molecule has 33 heavy (non-hydrogen) atoms. The lowest BCUT2D eigenvalue weighted by Crippen LogP contribution is -2.34. The highest BCUT2D eigenvalue weighted by Gasteiger charge is 2.14. The maximum Gasteiger partial charge on any atom is 0.280 e. The smallest absolute Gasteiger partial charge is 0.280 e. The zero-order valence-corrected chi connectivity index (χ0v) is 20.2. The van der Waals surface area contributed by atoms with Crippen molar-refractivity contribution in [3.63, 3.8) is 0 Å². The number of methoxy groups -OCH3 is 2. The van der Waals surface area contributed by atoms with Crippen LogP contribution in [0.15, 0.2) is 36.4 Å². The van der Waals surface area contributed by atoms with Crippen LogP contribution in [-0.2, 0) is 11.2 Å². The molecule has 0 bridgehead atoms. The number of thiazole rings is 1. The van der Waals surface area contributed by atoms with Crippen molar-refractivity contribution in [3.8, 4) is 17.2 Å². The summed E-state index contributed by atoms with van der Waals surface area (Å²) in [5.74, 6) is 1.62. The number of nitrogens with one attached hydrogen (secondary N) is 1. The molecule has 0 saturated heterocycles. The van der Waals surface area contributed by atoms with Gasteiger partial charge in [-0.15, -0.1) is 11.3 Å². The van der Waals surface area contributed by atoms with Gasteiger partial charge in [-0.2, -0.15) is 0 Å². The molecular weight excluding hydrogens is 442 g/mol. The van der Waals surface area contributed by atoms with Crippen LogP contribution >= 0.6 is 11.3 Å². The molecule has 0 unspecified atom stereocenters. The van der Waals surface area contributed by atoms with E-state index in [1.807, 2.05) is 38.1 Å². The molecule has 0 radical (unpaired) electrons. The number of hydrogen-bond acceptors (Lipinski definition) is 7. The molecule has 1 aromatic heterocycles. The molecule has 2 amide bonds. The van der Waals surface area contributed by atoms with Gasteiger partial charge in [0.1, 0.15) is 5.75 Å². The van der Waals surface area contributed by atoms with Gasteiger partial charge in [-0.3, -0.25) is 9.59 Å². The first-order valence-corrected chi connectivity index (χ1v) is 11.6. The van der Waals surface area contributed by atoms with Crippen molar-refractivity contribution in [2.45, 2.75) is 20.3 Å². The number of likely N-dealkylation sites (N-methyl/N-ethyl adjacent to an activating group) is 1.